The zero-order valence-electron chi connectivity index (χ0n) is 17.1. The van der Waals surface area contributed by atoms with Crippen molar-refractivity contribution in [2.75, 3.05) is 0 Å². The van der Waals surface area contributed by atoms with Crippen LogP contribution in [0.3, 0.4) is 0 Å². The summed E-state index contributed by atoms with van der Waals surface area (Å²) < 4.78 is 10.8. The highest BCUT2D eigenvalue weighted by molar-refractivity contribution is 5.98. The van der Waals surface area contributed by atoms with Gasteiger partial charge in [-0.25, -0.2) is 4.79 Å². The monoisotopic (exact) mass is 405 g/mol. The first-order valence-electron chi connectivity index (χ1n) is 9.92. The first-order valence-corrected chi connectivity index (χ1v) is 9.92. The molecular formula is C23H23N3O4. The smallest absolute Gasteiger partial charge is 0.339 e. The zero-order valence-corrected chi connectivity index (χ0v) is 17.1. The second-order valence-corrected chi connectivity index (χ2v) is 7.76. The largest absolute Gasteiger partial charge is 0.454 e. The Hall–Kier alpha value is -3.48. The van der Waals surface area contributed by atoms with Gasteiger partial charge in [0.25, 0.3) is 5.91 Å². The number of ether oxygens (including phenoxy) is 1. The Morgan fingerprint density at radius 2 is 1.93 bits per heavy atom. The molecule has 1 N–H and O–H groups in total. The summed E-state index contributed by atoms with van der Waals surface area (Å²) in [5.41, 5.74) is 2.68. The van der Waals surface area contributed by atoms with Crippen molar-refractivity contribution in [3.8, 4) is 0 Å². The molecule has 0 radical (unpaired) electrons. The number of carbonyl (C=O) groups is 2. The minimum absolute atomic E-state index is 0.0591. The quantitative estimate of drug-likeness (QED) is 0.646. The van der Waals surface area contributed by atoms with Crippen molar-refractivity contribution in [2.24, 2.45) is 5.92 Å². The van der Waals surface area contributed by atoms with E-state index >= 15 is 0 Å². The maximum absolute atomic E-state index is 12.9. The second kappa shape index (κ2) is 8.10. The van der Waals surface area contributed by atoms with Crippen molar-refractivity contribution in [3.63, 3.8) is 0 Å². The molecule has 2 atom stereocenters. The summed E-state index contributed by atoms with van der Waals surface area (Å²) in [6.45, 7) is 5.67. The number of amides is 1. The van der Waals surface area contributed by atoms with E-state index in [-0.39, 0.29) is 23.9 Å². The van der Waals surface area contributed by atoms with E-state index < -0.39 is 6.04 Å². The van der Waals surface area contributed by atoms with Crippen LogP contribution in [0.1, 0.15) is 69.6 Å². The molecule has 7 nitrogen and oxygen atoms in total. The molecule has 0 saturated carbocycles. The molecule has 30 heavy (non-hydrogen) atoms. The number of carbonyl (C=O) groups excluding carboxylic acids is 2. The molecule has 0 bridgehead atoms. The zero-order chi connectivity index (χ0) is 21.3. The topological polar surface area (TPSA) is 94.3 Å². The average molecular weight is 405 g/mol. The number of nitrogens with one attached hydrogen (secondary N) is 1. The summed E-state index contributed by atoms with van der Waals surface area (Å²) >= 11 is 0. The minimum Gasteiger partial charge on any atom is -0.454 e. The molecule has 4 rings (SSSR count). The van der Waals surface area contributed by atoms with Crippen LogP contribution in [-0.2, 0) is 11.2 Å². The molecule has 7 heteroatoms. The Kier molecular flexibility index (Phi) is 5.35. The van der Waals surface area contributed by atoms with Gasteiger partial charge in [-0.3, -0.25) is 4.79 Å². The number of rotatable bonds is 5. The van der Waals surface area contributed by atoms with Crippen LogP contribution in [0, 0.1) is 12.8 Å². The van der Waals surface area contributed by atoms with Crippen LogP contribution in [0.2, 0.25) is 0 Å². The molecule has 0 spiro atoms. The van der Waals surface area contributed by atoms with Gasteiger partial charge in [-0.05, 0) is 42.2 Å². The highest BCUT2D eigenvalue weighted by Crippen LogP contribution is 2.31. The molecule has 1 aliphatic heterocycles. The van der Waals surface area contributed by atoms with Gasteiger partial charge in [0.2, 0.25) is 5.89 Å². The van der Waals surface area contributed by atoms with Crippen molar-refractivity contribution < 1.29 is 18.8 Å². The van der Waals surface area contributed by atoms with Crippen LogP contribution in [0.5, 0.6) is 0 Å². The van der Waals surface area contributed by atoms with Gasteiger partial charge in [-0.2, -0.15) is 4.98 Å². The van der Waals surface area contributed by atoms with E-state index in [9.17, 15) is 9.59 Å². The van der Waals surface area contributed by atoms with Crippen molar-refractivity contribution in [1.29, 1.82) is 0 Å². The summed E-state index contributed by atoms with van der Waals surface area (Å²) in [7, 11) is 0. The number of nitrogens with zero attached hydrogens (tertiary/aromatic N) is 2. The average Bonchev–Trinajstić information content (AvgIpc) is 3.17. The van der Waals surface area contributed by atoms with Gasteiger partial charge in [0, 0.05) is 12.0 Å². The number of aryl methyl sites for hydroxylation is 1. The van der Waals surface area contributed by atoms with Gasteiger partial charge in [0.1, 0.15) is 12.1 Å². The molecule has 2 unspecified atom stereocenters. The van der Waals surface area contributed by atoms with Crippen molar-refractivity contribution >= 4 is 11.9 Å². The van der Waals surface area contributed by atoms with E-state index in [0.717, 1.165) is 11.1 Å². The molecule has 1 aliphatic rings. The lowest BCUT2D eigenvalue weighted by Crippen LogP contribution is -2.32. The molecule has 2 aromatic carbocycles. The van der Waals surface area contributed by atoms with Crippen LogP contribution in [-0.4, -0.2) is 22.0 Å². The van der Waals surface area contributed by atoms with E-state index in [1.54, 1.807) is 25.1 Å². The normalized spacial score (nSPS) is 16.7. The number of hydrogen-bond donors (Lipinski definition) is 1. The summed E-state index contributed by atoms with van der Waals surface area (Å²) in [6, 6.07) is 14.2. The standard InChI is InChI=1S/C23H23N3O4/c1-13(2)20(22-24-14(3)26-30-22)25-21(27)16-9-10-18-17(11-16)12-19(29-23(18)28)15-7-5-4-6-8-15/h4-11,13,19-20H,12H2,1-3H3,(H,25,27). The Morgan fingerprint density at radius 1 is 1.17 bits per heavy atom. The van der Waals surface area contributed by atoms with Gasteiger partial charge in [-0.1, -0.05) is 49.3 Å². The molecule has 2 heterocycles. The number of cyclic esters (lactones) is 1. The highest BCUT2D eigenvalue weighted by Gasteiger charge is 2.29. The van der Waals surface area contributed by atoms with E-state index in [4.69, 9.17) is 9.26 Å². The Morgan fingerprint density at radius 3 is 2.60 bits per heavy atom. The molecule has 0 fully saturated rings. The third kappa shape index (κ3) is 3.96. The number of benzene rings is 2. The van der Waals surface area contributed by atoms with Gasteiger partial charge < -0.3 is 14.6 Å². The van der Waals surface area contributed by atoms with Crippen LogP contribution in [0.15, 0.2) is 53.1 Å². The minimum atomic E-state index is -0.406. The molecule has 0 saturated heterocycles. The van der Waals surface area contributed by atoms with Gasteiger partial charge in [-0.15, -0.1) is 0 Å². The summed E-state index contributed by atoms with van der Waals surface area (Å²) in [5, 5.41) is 6.79. The van der Waals surface area contributed by atoms with Crippen molar-refractivity contribution in [1.82, 2.24) is 15.5 Å². The Bertz CT molecular complexity index is 1080. The first kappa shape index (κ1) is 19.8. The predicted molar refractivity (Wildman–Crippen MR) is 109 cm³/mol. The number of fused-ring (bicyclic) bond motifs is 1. The summed E-state index contributed by atoms with van der Waals surface area (Å²) in [6.07, 6.45) is 0.150. The first-order chi connectivity index (χ1) is 14.4. The molecule has 3 aromatic rings. The SMILES string of the molecule is Cc1noc(C(NC(=O)c2ccc3c(c2)CC(c2ccccc2)OC3=O)C(C)C)n1. The summed E-state index contributed by atoms with van der Waals surface area (Å²) in [5.74, 6) is 0.315. The lowest BCUT2D eigenvalue weighted by Gasteiger charge is -2.25. The van der Waals surface area contributed by atoms with Crippen LogP contribution in [0.25, 0.3) is 0 Å². The number of aromatic nitrogens is 2. The molecular weight excluding hydrogens is 382 g/mol. The fourth-order valence-electron chi connectivity index (χ4n) is 3.57. The molecule has 1 aromatic heterocycles. The lowest BCUT2D eigenvalue weighted by molar-refractivity contribution is 0.0252. The third-order valence-electron chi connectivity index (χ3n) is 5.18. The number of hydrogen-bond acceptors (Lipinski definition) is 6. The Labute approximate surface area is 174 Å². The Balaban J connectivity index is 1.57. The summed E-state index contributed by atoms with van der Waals surface area (Å²) in [4.78, 5) is 29.6. The number of esters is 1. The highest BCUT2D eigenvalue weighted by atomic mass is 16.5. The lowest BCUT2D eigenvalue weighted by atomic mass is 9.93. The van der Waals surface area contributed by atoms with E-state index in [1.165, 1.54) is 0 Å². The fourth-order valence-corrected chi connectivity index (χ4v) is 3.57. The van der Waals surface area contributed by atoms with Crippen LogP contribution in [0.4, 0.5) is 0 Å². The van der Waals surface area contributed by atoms with Gasteiger partial charge >= 0.3 is 5.97 Å². The third-order valence-corrected chi connectivity index (χ3v) is 5.18. The molecule has 154 valence electrons. The van der Waals surface area contributed by atoms with E-state index in [0.29, 0.717) is 29.3 Å². The van der Waals surface area contributed by atoms with Gasteiger partial charge in [0.15, 0.2) is 5.82 Å². The maximum Gasteiger partial charge on any atom is 0.339 e. The fraction of sp³-hybridized carbons (Fsp3) is 0.304. The van der Waals surface area contributed by atoms with E-state index in [2.05, 4.69) is 15.5 Å². The molecule has 1 amide bonds. The predicted octanol–water partition coefficient (Wildman–Crippen LogP) is 3.96. The van der Waals surface area contributed by atoms with E-state index in [1.807, 2.05) is 44.2 Å². The van der Waals surface area contributed by atoms with Gasteiger partial charge in [0.05, 0.1) is 5.56 Å². The molecule has 0 aliphatic carbocycles. The second-order valence-electron chi connectivity index (χ2n) is 7.76. The maximum atomic E-state index is 12.9. The van der Waals surface area contributed by atoms with Crippen LogP contribution < -0.4 is 5.32 Å². The van der Waals surface area contributed by atoms with Crippen LogP contribution >= 0.6 is 0 Å². The van der Waals surface area contributed by atoms with Crippen molar-refractivity contribution in [2.45, 2.75) is 39.3 Å². The van der Waals surface area contributed by atoms with Crippen molar-refractivity contribution in [3.05, 3.63) is 82.5 Å².